The molecule has 2 bridgehead atoms. The molecule has 7 nitrogen and oxygen atoms in total. The first kappa shape index (κ1) is 15.8. The molecule has 0 aliphatic carbocycles. The second-order valence-electron chi connectivity index (χ2n) is 6.44. The van der Waals surface area contributed by atoms with Crippen molar-refractivity contribution < 1.29 is 19.3 Å². The van der Waals surface area contributed by atoms with Gasteiger partial charge in [0.15, 0.2) is 11.9 Å². The number of fused-ring (bicyclic) bond motifs is 2. The molecule has 0 saturated carbocycles. The highest BCUT2D eigenvalue weighted by Gasteiger charge is 2.51. The third-order valence-electron chi connectivity index (χ3n) is 4.81. The van der Waals surface area contributed by atoms with Crippen LogP contribution in [0.3, 0.4) is 0 Å². The van der Waals surface area contributed by atoms with Crippen molar-refractivity contribution in [1.82, 2.24) is 15.0 Å². The zero-order chi connectivity index (χ0) is 15.7. The van der Waals surface area contributed by atoms with Crippen LogP contribution in [-0.2, 0) is 26.4 Å². The van der Waals surface area contributed by atoms with Crippen LogP contribution in [0.1, 0.15) is 31.4 Å². The Hall–Kier alpha value is -0.670. The second-order valence-corrected chi connectivity index (χ2v) is 7.66. The van der Waals surface area contributed by atoms with Crippen LogP contribution >= 0.6 is 11.8 Å². The van der Waals surface area contributed by atoms with E-state index in [1.807, 2.05) is 11.8 Å². The molecule has 4 rings (SSSR count). The fourth-order valence-electron chi connectivity index (χ4n) is 3.36. The van der Waals surface area contributed by atoms with Crippen molar-refractivity contribution in [1.29, 1.82) is 0 Å². The average Bonchev–Trinajstić information content (AvgIpc) is 3.21. The fourth-order valence-corrected chi connectivity index (χ4v) is 4.42. The number of hydrogen-bond donors (Lipinski definition) is 1. The first-order chi connectivity index (χ1) is 11.2. The summed E-state index contributed by atoms with van der Waals surface area (Å²) in [5.41, 5.74) is -0.663. The second kappa shape index (κ2) is 6.68. The minimum Gasteiger partial charge on any atom is -0.378 e. The van der Waals surface area contributed by atoms with Gasteiger partial charge < -0.3 is 19.3 Å². The molecule has 4 heterocycles. The van der Waals surface area contributed by atoms with Gasteiger partial charge in [0.25, 0.3) is 0 Å². The Kier molecular flexibility index (Phi) is 4.60. The van der Waals surface area contributed by atoms with Crippen molar-refractivity contribution in [3.63, 3.8) is 0 Å². The molecule has 3 saturated heterocycles. The van der Waals surface area contributed by atoms with Crippen molar-refractivity contribution in [2.24, 2.45) is 0 Å². The predicted octanol–water partition coefficient (Wildman–Crippen LogP) is 0.913. The average molecular weight is 341 g/mol. The lowest BCUT2D eigenvalue weighted by molar-refractivity contribution is -0.219. The quantitative estimate of drug-likeness (QED) is 0.853. The summed E-state index contributed by atoms with van der Waals surface area (Å²) in [6, 6.07) is 0. The Morgan fingerprint density at radius 2 is 2.26 bits per heavy atom. The van der Waals surface area contributed by atoms with Gasteiger partial charge in [0.05, 0.1) is 38.2 Å². The number of aromatic nitrogens is 3. The van der Waals surface area contributed by atoms with Crippen molar-refractivity contribution in [3.8, 4) is 0 Å². The van der Waals surface area contributed by atoms with Crippen LogP contribution < -0.4 is 0 Å². The van der Waals surface area contributed by atoms with Crippen LogP contribution in [-0.4, -0.2) is 63.3 Å². The molecule has 128 valence electrons. The zero-order valence-electron chi connectivity index (χ0n) is 13.1. The molecule has 0 spiro atoms. The lowest BCUT2D eigenvalue weighted by atomic mass is 9.90. The summed E-state index contributed by atoms with van der Waals surface area (Å²) in [6.45, 7) is 1.81. The molecule has 3 aliphatic rings. The molecule has 1 aromatic heterocycles. The summed E-state index contributed by atoms with van der Waals surface area (Å²) in [5.74, 6) is 2.38. The van der Waals surface area contributed by atoms with E-state index in [-0.39, 0.29) is 6.10 Å². The van der Waals surface area contributed by atoms with Crippen molar-refractivity contribution in [2.45, 2.75) is 56.3 Å². The predicted molar refractivity (Wildman–Crippen MR) is 84.1 cm³/mol. The molecule has 23 heavy (non-hydrogen) atoms. The van der Waals surface area contributed by atoms with Gasteiger partial charge in [0, 0.05) is 0 Å². The van der Waals surface area contributed by atoms with E-state index in [9.17, 15) is 5.11 Å². The van der Waals surface area contributed by atoms with E-state index in [1.54, 1.807) is 10.9 Å². The van der Waals surface area contributed by atoms with Gasteiger partial charge >= 0.3 is 0 Å². The Balaban J connectivity index is 1.33. The molecule has 0 aromatic carbocycles. The SMILES string of the molecule is OC1(c2cn(CCOC3CCSCC3)nn2)CC[C@H]2CO[C@@H]1O2. The van der Waals surface area contributed by atoms with Crippen molar-refractivity contribution in [3.05, 3.63) is 11.9 Å². The highest BCUT2D eigenvalue weighted by Crippen LogP contribution is 2.40. The highest BCUT2D eigenvalue weighted by atomic mass is 32.2. The van der Waals surface area contributed by atoms with Gasteiger partial charge in [-0.1, -0.05) is 5.21 Å². The van der Waals surface area contributed by atoms with Crippen molar-refractivity contribution in [2.75, 3.05) is 24.7 Å². The van der Waals surface area contributed by atoms with E-state index in [4.69, 9.17) is 14.2 Å². The lowest BCUT2D eigenvalue weighted by Crippen LogP contribution is -2.44. The molecule has 3 aliphatic heterocycles. The van der Waals surface area contributed by atoms with Gasteiger partial charge in [-0.3, -0.25) is 0 Å². The van der Waals surface area contributed by atoms with Crippen LogP contribution in [0.15, 0.2) is 6.20 Å². The van der Waals surface area contributed by atoms with E-state index in [2.05, 4.69) is 10.3 Å². The first-order valence-electron chi connectivity index (χ1n) is 8.33. The highest BCUT2D eigenvalue weighted by molar-refractivity contribution is 7.99. The topological polar surface area (TPSA) is 78.6 Å². The summed E-state index contributed by atoms with van der Waals surface area (Å²) in [7, 11) is 0. The Morgan fingerprint density at radius 3 is 3.13 bits per heavy atom. The van der Waals surface area contributed by atoms with Gasteiger partial charge in [-0.15, -0.1) is 5.10 Å². The zero-order valence-corrected chi connectivity index (χ0v) is 13.9. The van der Waals surface area contributed by atoms with Gasteiger partial charge in [0.2, 0.25) is 0 Å². The van der Waals surface area contributed by atoms with Gasteiger partial charge in [0.1, 0.15) is 5.69 Å². The van der Waals surface area contributed by atoms with Gasteiger partial charge in [-0.25, -0.2) is 4.68 Å². The molecule has 1 unspecified atom stereocenters. The number of nitrogens with zero attached hydrogens (tertiary/aromatic N) is 3. The number of hydrogen-bond acceptors (Lipinski definition) is 7. The Labute approximate surface area is 139 Å². The van der Waals surface area contributed by atoms with E-state index in [1.165, 1.54) is 11.5 Å². The summed E-state index contributed by atoms with van der Waals surface area (Å²) in [6.07, 6.45) is 5.28. The maximum Gasteiger partial charge on any atom is 0.192 e. The Bertz CT molecular complexity index is 537. The lowest BCUT2D eigenvalue weighted by Gasteiger charge is -2.34. The van der Waals surface area contributed by atoms with Crippen molar-refractivity contribution >= 4 is 11.8 Å². The molecular weight excluding hydrogens is 318 g/mol. The standard InChI is InChI=1S/C15H23N3O4S/c19-15(4-1-12-10-21-14(15)22-12)13-9-18(17-16-13)5-6-20-11-2-7-23-8-3-11/h9,11-12,14,19H,1-8,10H2/t12-,14+,15?/m0/s1. The monoisotopic (exact) mass is 341 g/mol. The van der Waals surface area contributed by atoms with Crippen LogP contribution in [0.2, 0.25) is 0 Å². The largest absolute Gasteiger partial charge is 0.378 e. The van der Waals surface area contributed by atoms with Gasteiger partial charge in [-0.05, 0) is 37.2 Å². The first-order valence-corrected chi connectivity index (χ1v) is 9.49. The number of rotatable bonds is 5. The summed E-state index contributed by atoms with van der Waals surface area (Å²) >= 11 is 1.99. The summed E-state index contributed by atoms with van der Waals surface area (Å²) < 4.78 is 18.8. The molecule has 1 N–H and O–H groups in total. The minimum absolute atomic E-state index is 0.109. The number of thioether (sulfide) groups is 1. The molecule has 1 aromatic rings. The maximum atomic E-state index is 10.9. The molecule has 3 fully saturated rings. The number of aliphatic hydroxyl groups is 1. The molecule has 3 atom stereocenters. The summed E-state index contributed by atoms with van der Waals surface area (Å²) in [5, 5.41) is 19.1. The molecular formula is C15H23N3O4S. The minimum atomic E-state index is -1.19. The fraction of sp³-hybridized carbons (Fsp3) is 0.867. The summed E-state index contributed by atoms with van der Waals surface area (Å²) in [4.78, 5) is 0. The van der Waals surface area contributed by atoms with E-state index in [0.29, 0.717) is 38.0 Å². The smallest absolute Gasteiger partial charge is 0.192 e. The van der Waals surface area contributed by atoms with Crippen LogP contribution in [0.4, 0.5) is 0 Å². The number of ether oxygens (including phenoxy) is 3. The van der Waals surface area contributed by atoms with E-state index < -0.39 is 11.9 Å². The van der Waals surface area contributed by atoms with E-state index in [0.717, 1.165) is 19.3 Å². The van der Waals surface area contributed by atoms with Gasteiger partial charge in [-0.2, -0.15) is 11.8 Å². The van der Waals surface area contributed by atoms with Crippen LogP contribution in [0.5, 0.6) is 0 Å². The maximum absolute atomic E-state index is 10.9. The molecule has 0 amide bonds. The molecule has 8 heteroatoms. The third kappa shape index (κ3) is 3.28. The van der Waals surface area contributed by atoms with Crippen LogP contribution in [0.25, 0.3) is 0 Å². The molecule has 0 radical (unpaired) electrons. The third-order valence-corrected chi connectivity index (χ3v) is 5.86. The van der Waals surface area contributed by atoms with E-state index >= 15 is 0 Å². The Morgan fingerprint density at radius 1 is 1.39 bits per heavy atom. The normalized spacial score (nSPS) is 34.8. The van der Waals surface area contributed by atoms with Crippen LogP contribution in [0, 0.1) is 0 Å².